The molecule has 0 bridgehead atoms. The van der Waals surface area contributed by atoms with Crippen LogP contribution in [0.2, 0.25) is 0 Å². The summed E-state index contributed by atoms with van der Waals surface area (Å²) in [5.74, 6) is -0.104. The average molecular weight is 341 g/mol. The topological polar surface area (TPSA) is 35.5 Å². The fraction of sp³-hybridized carbons (Fsp3) is 0.952. The molecule has 3 heteroatoms. The summed E-state index contributed by atoms with van der Waals surface area (Å²) in [6, 6.07) is 0. The second kappa shape index (κ2) is 15.9. The Labute approximate surface area is 149 Å². The summed E-state index contributed by atoms with van der Waals surface area (Å²) in [6.07, 6.45) is 22.3. The number of carbonyl (C=O) groups is 1. The first-order valence-electron chi connectivity index (χ1n) is 10.6. The van der Waals surface area contributed by atoms with E-state index in [-0.39, 0.29) is 18.9 Å². The van der Waals surface area contributed by atoms with E-state index >= 15 is 0 Å². The second-order valence-electron chi connectivity index (χ2n) is 7.37. The summed E-state index contributed by atoms with van der Waals surface area (Å²) in [5, 5.41) is 0. The Morgan fingerprint density at radius 1 is 0.750 bits per heavy atom. The lowest BCUT2D eigenvalue weighted by molar-refractivity contribution is -0.181. The zero-order valence-electron chi connectivity index (χ0n) is 16.0. The van der Waals surface area contributed by atoms with Gasteiger partial charge in [0.2, 0.25) is 0 Å². The van der Waals surface area contributed by atoms with E-state index in [1.807, 2.05) is 0 Å². The number of rotatable bonds is 16. The van der Waals surface area contributed by atoms with Gasteiger partial charge in [-0.3, -0.25) is 4.79 Å². The lowest BCUT2D eigenvalue weighted by Gasteiger charge is -2.21. The van der Waals surface area contributed by atoms with Crippen LogP contribution in [0.1, 0.15) is 116 Å². The molecular formula is C21H40O3. The zero-order valence-corrected chi connectivity index (χ0v) is 16.0. The summed E-state index contributed by atoms with van der Waals surface area (Å²) >= 11 is 0. The highest BCUT2D eigenvalue weighted by Gasteiger charge is 2.20. The van der Waals surface area contributed by atoms with Gasteiger partial charge in [-0.25, -0.2) is 0 Å². The van der Waals surface area contributed by atoms with Crippen LogP contribution in [-0.4, -0.2) is 18.9 Å². The molecule has 1 rings (SSSR count). The van der Waals surface area contributed by atoms with Crippen LogP contribution >= 0.6 is 0 Å². The van der Waals surface area contributed by atoms with Crippen molar-refractivity contribution in [1.82, 2.24) is 0 Å². The van der Waals surface area contributed by atoms with E-state index < -0.39 is 0 Å². The van der Waals surface area contributed by atoms with Crippen molar-refractivity contribution in [2.24, 2.45) is 0 Å². The first-order valence-corrected chi connectivity index (χ1v) is 10.6. The van der Waals surface area contributed by atoms with Gasteiger partial charge in [-0.2, -0.15) is 0 Å². The van der Waals surface area contributed by atoms with E-state index in [4.69, 9.17) is 9.47 Å². The van der Waals surface area contributed by atoms with Crippen LogP contribution in [0.25, 0.3) is 0 Å². The molecule has 0 saturated carbocycles. The van der Waals surface area contributed by atoms with Crippen molar-refractivity contribution in [2.75, 3.05) is 6.79 Å². The van der Waals surface area contributed by atoms with Crippen molar-refractivity contribution >= 4 is 5.97 Å². The minimum Gasteiger partial charge on any atom is -0.438 e. The van der Waals surface area contributed by atoms with Crippen LogP contribution < -0.4 is 0 Å². The number of unbranched alkanes of at least 4 members (excludes halogenated alkanes) is 14. The number of hydrogen-bond donors (Lipinski definition) is 0. The Morgan fingerprint density at radius 3 is 1.67 bits per heavy atom. The van der Waals surface area contributed by atoms with Crippen molar-refractivity contribution in [3.05, 3.63) is 0 Å². The SMILES string of the molecule is CCCCCCCCCCCCCCCCC[C@@H]1CC(=O)OCO1. The van der Waals surface area contributed by atoms with Crippen LogP contribution in [0.4, 0.5) is 0 Å². The lowest BCUT2D eigenvalue weighted by Crippen LogP contribution is -2.27. The normalized spacial score (nSPS) is 17.9. The maximum Gasteiger partial charge on any atom is 0.310 e. The molecule has 0 N–H and O–H groups in total. The highest BCUT2D eigenvalue weighted by Crippen LogP contribution is 2.17. The fourth-order valence-corrected chi connectivity index (χ4v) is 3.43. The van der Waals surface area contributed by atoms with E-state index in [0.29, 0.717) is 6.42 Å². The molecule has 1 heterocycles. The van der Waals surface area contributed by atoms with Gasteiger partial charge in [-0.15, -0.1) is 0 Å². The van der Waals surface area contributed by atoms with Gasteiger partial charge in [0.25, 0.3) is 0 Å². The molecule has 0 unspecified atom stereocenters. The second-order valence-corrected chi connectivity index (χ2v) is 7.37. The van der Waals surface area contributed by atoms with Crippen LogP contribution in [0, 0.1) is 0 Å². The molecule has 1 atom stereocenters. The smallest absolute Gasteiger partial charge is 0.310 e. The van der Waals surface area contributed by atoms with Crippen molar-refractivity contribution < 1.29 is 14.3 Å². The van der Waals surface area contributed by atoms with Crippen LogP contribution in [-0.2, 0) is 14.3 Å². The van der Waals surface area contributed by atoms with Gasteiger partial charge < -0.3 is 9.47 Å². The number of esters is 1. The zero-order chi connectivity index (χ0) is 17.3. The van der Waals surface area contributed by atoms with Crippen LogP contribution in [0.5, 0.6) is 0 Å². The Morgan fingerprint density at radius 2 is 1.21 bits per heavy atom. The molecule has 0 radical (unpaired) electrons. The average Bonchev–Trinajstić information content (AvgIpc) is 2.58. The Hall–Kier alpha value is -0.570. The molecule has 142 valence electrons. The first-order chi connectivity index (χ1) is 11.8. The quantitative estimate of drug-likeness (QED) is 0.236. The standard InChI is InChI=1S/C21H40O3/c1-2-3-4-5-6-7-8-9-10-11-12-13-14-15-16-17-20-18-21(22)24-19-23-20/h20H,2-19H2,1H3/t20-/m1/s1. The van der Waals surface area contributed by atoms with Gasteiger partial charge in [0, 0.05) is 0 Å². The highest BCUT2D eigenvalue weighted by molar-refractivity contribution is 5.70. The third-order valence-electron chi connectivity index (χ3n) is 5.05. The molecule has 24 heavy (non-hydrogen) atoms. The van der Waals surface area contributed by atoms with Crippen molar-refractivity contribution in [1.29, 1.82) is 0 Å². The van der Waals surface area contributed by atoms with Crippen molar-refractivity contribution in [3.63, 3.8) is 0 Å². The Balaban J connectivity index is 1.71. The molecule has 0 aliphatic carbocycles. The molecular weight excluding hydrogens is 300 g/mol. The van der Waals surface area contributed by atoms with Gasteiger partial charge >= 0.3 is 5.97 Å². The molecule has 1 aliphatic heterocycles. The van der Waals surface area contributed by atoms with Crippen molar-refractivity contribution in [2.45, 2.75) is 122 Å². The largest absolute Gasteiger partial charge is 0.438 e. The molecule has 1 saturated heterocycles. The highest BCUT2D eigenvalue weighted by atomic mass is 16.7. The maximum absolute atomic E-state index is 11.1. The van der Waals surface area contributed by atoms with Crippen LogP contribution in [0.3, 0.4) is 0 Å². The number of carbonyl (C=O) groups excluding carboxylic acids is 1. The summed E-state index contributed by atoms with van der Waals surface area (Å²) in [5.41, 5.74) is 0. The first kappa shape index (κ1) is 21.5. The van der Waals surface area contributed by atoms with Gasteiger partial charge in [0.05, 0.1) is 12.5 Å². The molecule has 0 amide bonds. The molecule has 0 aromatic carbocycles. The minimum atomic E-state index is -0.104. The van der Waals surface area contributed by atoms with Crippen LogP contribution in [0.15, 0.2) is 0 Å². The number of ether oxygens (including phenoxy) is 2. The third kappa shape index (κ3) is 12.8. The maximum atomic E-state index is 11.1. The van der Waals surface area contributed by atoms with Gasteiger partial charge in [-0.1, -0.05) is 103 Å². The Kier molecular flexibility index (Phi) is 14.3. The molecule has 0 aromatic rings. The summed E-state index contributed by atoms with van der Waals surface area (Å²) < 4.78 is 10.2. The molecule has 3 nitrogen and oxygen atoms in total. The summed E-state index contributed by atoms with van der Waals surface area (Å²) in [4.78, 5) is 11.1. The number of hydrogen-bond acceptors (Lipinski definition) is 3. The lowest BCUT2D eigenvalue weighted by atomic mass is 10.0. The molecule has 1 aliphatic rings. The Bertz CT molecular complexity index is 291. The molecule has 0 spiro atoms. The van der Waals surface area contributed by atoms with E-state index in [1.165, 1.54) is 96.3 Å². The van der Waals surface area contributed by atoms with Gasteiger partial charge in [0.15, 0.2) is 6.79 Å². The number of cyclic esters (lactones) is 1. The van der Waals surface area contributed by atoms with E-state index in [9.17, 15) is 4.79 Å². The minimum absolute atomic E-state index is 0.104. The fourth-order valence-electron chi connectivity index (χ4n) is 3.43. The van der Waals surface area contributed by atoms with E-state index in [0.717, 1.165) is 6.42 Å². The monoisotopic (exact) mass is 340 g/mol. The van der Waals surface area contributed by atoms with E-state index in [2.05, 4.69) is 6.92 Å². The van der Waals surface area contributed by atoms with Crippen molar-refractivity contribution in [3.8, 4) is 0 Å². The van der Waals surface area contributed by atoms with Gasteiger partial charge in [-0.05, 0) is 6.42 Å². The summed E-state index contributed by atoms with van der Waals surface area (Å²) in [6.45, 7) is 2.44. The predicted octanol–water partition coefficient (Wildman–Crippen LogP) is 6.54. The molecule has 0 aromatic heterocycles. The van der Waals surface area contributed by atoms with Gasteiger partial charge in [0.1, 0.15) is 0 Å². The van der Waals surface area contributed by atoms with E-state index in [1.54, 1.807) is 0 Å². The molecule has 1 fully saturated rings. The predicted molar refractivity (Wildman–Crippen MR) is 100.0 cm³/mol. The third-order valence-corrected chi connectivity index (χ3v) is 5.05. The summed E-state index contributed by atoms with van der Waals surface area (Å²) in [7, 11) is 0.